The number of hydrogen-bond donors (Lipinski definition) is 2. The van der Waals surface area contributed by atoms with Crippen LogP contribution in [0.3, 0.4) is 0 Å². The van der Waals surface area contributed by atoms with Gasteiger partial charge in [-0.05, 0) is 42.0 Å². The third-order valence-corrected chi connectivity index (χ3v) is 3.73. The topological polar surface area (TPSA) is 71.7 Å². The van der Waals surface area contributed by atoms with Crippen LogP contribution in [0.15, 0.2) is 76.5 Å². The highest BCUT2D eigenvalue weighted by molar-refractivity contribution is 5.79. The van der Waals surface area contributed by atoms with Gasteiger partial charge in [-0.1, -0.05) is 18.2 Å². The molecule has 2 heterocycles. The summed E-state index contributed by atoms with van der Waals surface area (Å²) in [6.45, 7) is 1.72. The van der Waals surface area contributed by atoms with Crippen LogP contribution in [-0.4, -0.2) is 18.0 Å². The summed E-state index contributed by atoms with van der Waals surface area (Å²) in [5, 5.41) is 6.48. The summed E-state index contributed by atoms with van der Waals surface area (Å²) in [6.07, 6.45) is 3.42. The molecule has 0 atom stereocenters. The van der Waals surface area contributed by atoms with Crippen LogP contribution in [0.25, 0.3) is 0 Å². The van der Waals surface area contributed by atoms with Gasteiger partial charge in [-0.2, -0.15) is 0 Å². The fourth-order valence-electron chi connectivity index (χ4n) is 2.33. The molecular formula is C20H22N4O2. The molecule has 0 aliphatic heterocycles. The number of nitrogens with one attached hydrogen (secondary N) is 2. The van der Waals surface area contributed by atoms with E-state index in [2.05, 4.69) is 20.6 Å². The molecule has 2 aromatic heterocycles. The van der Waals surface area contributed by atoms with Crippen molar-refractivity contribution in [2.24, 2.45) is 4.99 Å². The maximum absolute atomic E-state index is 5.74. The van der Waals surface area contributed by atoms with Gasteiger partial charge in [-0.3, -0.25) is 9.98 Å². The molecule has 0 fully saturated rings. The number of benzene rings is 1. The minimum Gasteiger partial charge on any atom is -0.487 e. The first kappa shape index (κ1) is 17.5. The van der Waals surface area contributed by atoms with Gasteiger partial charge in [0.05, 0.1) is 18.5 Å². The fraction of sp³-hybridized carbons (Fsp3) is 0.200. The van der Waals surface area contributed by atoms with Crippen molar-refractivity contribution in [3.8, 4) is 5.75 Å². The predicted molar refractivity (Wildman–Crippen MR) is 101 cm³/mol. The average molecular weight is 350 g/mol. The second-order valence-electron chi connectivity index (χ2n) is 5.61. The Morgan fingerprint density at radius 3 is 2.58 bits per heavy atom. The van der Waals surface area contributed by atoms with E-state index in [0.29, 0.717) is 19.7 Å². The van der Waals surface area contributed by atoms with Crippen molar-refractivity contribution in [1.29, 1.82) is 0 Å². The number of aromatic nitrogens is 1. The molecule has 0 spiro atoms. The van der Waals surface area contributed by atoms with Crippen LogP contribution < -0.4 is 15.4 Å². The lowest BCUT2D eigenvalue weighted by atomic mass is 10.2. The van der Waals surface area contributed by atoms with Crippen LogP contribution >= 0.6 is 0 Å². The normalized spacial score (nSPS) is 11.2. The number of aliphatic imine (C=N–C) groups is 1. The highest BCUT2D eigenvalue weighted by atomic mass is 16.5. The Labute approximate surface area is 152 Å². The minimum atomic E-state index is 0.460. The fourth-order valence-corrected chi connectivity index (χ4v) is 2.33. The summed E-state index contributed by atoms with van der Waals surface area (Å²) < 4.78 is 11.0. The van der Waals surface area contributed by atoms with Crippen molar-refractivity contribution < 1.29 is 9.15 Å². The van der Waals surface area contributed by atoms with Crippen molar-refractivity contribution >= 4 is 5.96 Å². The van der Waals surface area contributed by atoms with Crippen LogP contribution in [0, 0.1) is 0 Å². The Morgan fingerprint density at radius 1 is 1.04 bits per heavy atom. The Balaban J connectivity index is 1.44. The summed E-state index contributed by atoms with van der Waals surface area (Å²) in [7, 11) is 1.74. The quantitative estimate of drug-likeness (QED) is 0.506. The number of pyridine rings is 1. The summed E-state index contributed by atoms with van der Waals surface area (Å²) in [5.74, 6) is 2.40. The van der Waals surface area contributed by atoms with Gasteiger partial charge in [0, 0.05) is 19.8 Å². The largest absolute Gasteiger partial charge is 0.487 e. The number of hydrogen-bond acceptors (Lipinski definition) is 4. The van der Waals surface area contributed by atoms with Gasteiger partial charge < -0.3 is 19.8 Å². The molecule has 0 unspecified atom stereocenters. The summed E-state index contributed by atoms with van der Waals surface area (Å²) in [4.78, 5) is 8.45. The van der Waals surface area contributed by atoms with E-state index in [-0.39, 0.29) is 0 Å². The molecule has 0 bridgehead atoms. The molecule has 0 saturated heterocycles. The van der Waals surface area contributed by atoms with E-state index < -0.39 is 0 Å². The zero-order valence-corrected chi connectivity index (χ0v) is 14.7. The smallest absolute Gasteiger partial charge is 0.191 e. The molecule has 0 saturated carbocycles. The average Bonchev–Trinajstić information content (AvgIpc) is 3.22. The van der Waals surface area contributed by atoms with Gasteiger partial charge in [0.15, 0.2) is 5.96 Å². The van der Waals surface area contributed by atoms with E-state index in [4.69, 9.17) is 9.15 Å². The van der Waals surface area contributed by atoms with Crippen molar-refractivity contribution in [2.75, 3.05) is 7.05 Å². The number of rotatable bonds is 7. The summed E-state index contributed by atoms with van der Waals surface area (Å²) in [5.41, 5.74) is 2.04. The number of guanidine groups is 1. The van der Waals surface area contributed by atoms with E-state index >= 15 is 0 Å². The van der Waals surface area contributed by atoms with Crippen LogP contribution in [0.4, 0.5) is 0 Å². The third-order valence-electron chi connectivity index (χ3n) is 3.73. The molecule has 0 radical (unpaired) electrons. The van der Waals surface area contributed by atoms with Gasteiger partial charge in [-0.15, -0.1) is 0 Å². The molecule has 0 aliphatic carbocycles. The SMILES string of the molecule is CN=C(NCc1ccc(OCc2ccccn2)cc1)NCc1ccco1. The Morgan fingerprint density at radius 2 is 1.88 bits per heavy atom. The molecule has 1 aromatic carbocycles. The van der Waals surface area contributed by atoms with Crippen molar-refractivity contribution in [1.82, 2.24) is 15.6 Å². The lowest BCUT2D eigenvalue weighted by Crippen LogP contribution is -2.36. The molecular weight excluding hydrogens is 328 g/mol. The summed E-state index contributed by atoms with van der Waals surface area (Å²) >= 11 is 0. The highest BCUT2D eigenvalue weighted by Crippen LogP contribution is 2.13. The van der Waals surface area contributed by atoms with Gasteiger partial charge in [0.25, 0.3) is 0 Å². The van der Waals surface area contributed by atoms with E-state index in [1.807, 2.05) is 54.6 Å². The van der Waals surface area contributed by atoms with E-state index in [9.17, 15) is 0 Å². The standard InChI is InChI=1S/C20H22N4O2/c1-21-20(24-14-19-6-4-12-25-19)23-13-16-7-9-18(10-8-16)26-15-17-5-2-3-11-22-17/h2-12H,13-15H2,1H3,(H2,21,23,24). The van der Waals surface area contributed by atoms with Crippen molar-refractivity contribution in [3.63, 3.8) is 0 Å². The maximum atomic E-state index is 5.74. The second-order valence-corrected chi connectivity index (χ2v) is 5.61. The number of furan rings is 1. The number of nitrogens with zero attached hydrogens (tertiary/aromatic N) is 2. The van der Waals surface area contributed by atoms with Gasteiger partial charge in [-0.25, -0.2) is 0 Å². The van der Waals surface area contributed by atoms with Crippen LogP contribution in [-0.2, 0) is 19.7 Å². The van der Waals surface area contributed by atoms with Gasteiger partial charge in [0.2, 0.25) is 0 Å². The maximum Gasteiger partial charge on any atom is 0.191 e. The van der Waals surface area contributed by atoms with Crippen LogP contribution in [0.1, 0.15) is 17.0 Å². The molecule has 2 N–H and O–H groups in total. The van der Waals surface area contributed by atoms with E-state index in [1.165, 1.54) is 0 Å². The first-order valence-electron chi connectivity index (χ1n) is 8.42. The Kier molecular flexibility index (Phi) is 6.25. The molecule has 3 aromatic rings. The third kappa shape index (κ3) is 5.37. The number of ether oxygens (including phenoxy) is 1. The van der Waals surface area contributed by atoms with Gasteiger partial charge >= 0.3 is 0 Å². The highest BCUT2D eigenvalue weighted by Gasteiger charge is 2.01. The van der Waals surface area contributed by atoms with Crippen molar-refractivity contribution in [3.05, 3.63) is 84.1 Å². The molecule has 0 aliphatic rings. The lowest BCUT2D eigenvalue weighted by Gasteiger charge is -2.11. The first-order valence-corrected chi connectivity index (χ1v) is 8.42. The molecule has 26 heavy (non-hydrogen) atoms. The summed E-state index contributed by atoms with van der Waals surface area (Å²) in [6, 6.07) is 17.5. The van der Waals surface area contributed by atoms with E-state index in [1.54, 1.807) is 19.5 Å². The van der Waals surface area contributed by atoms with Crippen LogP contribution in [0.2, 0.25) is 0 Å². The first-order chi connectivity index (χ1) is 12.8. The molecule has 134 valence electrons. The lowest BCUT2D eigenvalue weighted by molar-refractivity contribution is 0.301. The minimum absolute atomic E-state index is 0.460. The Hall–Kier alpha value is -3.28. The molecule has 6 nitrogen and oxygen atoms in total. The Bertz CT molecular complexity index is 800. The molecule has 3 rings (SSSR count). The monoisotopic (exact) mass is 350 g/mol. The van der Waals surface area contributed by atoms with E-state index in [0.717, 1.165) is 28.7 Å². The second kappa shape index (κ2) is 9.27. The molecule has 0 amide bonds. The van der Waals surface area contributed by atoms with Crippen molar-refractivity contribution in [2.45, 2.75) is 19.7 Å². The predicted octanol–water partition coefficient (Wildman–Crippen LogP) is 3.12. The van der Waals surface area contributed by atoms with Crippen LogP contribution in [0.5, 0.6) is 5.75 Å². The zero-order chi connectivity index (χ0) is 18.0. The zero-order valence-electron chi connectivity index (χ0n) is 14.7. The molecule has 6 heteroatoms. The van der Waals surface area contributed by atoms with Gasteiger partial charge in [0.1, 0.15) is 18.1 Å².